The molecule has 0 spiro atoms. The Balaban J connectivity index is 2.06. The van der Waals surface area contributed by atoms with Gasteiger partial charge in [-0.3, -0.25) is 4.90 Å². The minimum atomic E-state index is 0.355. The topological polar surface area (TPSA) is 29.3 Å². The first kappa shape index (κ1) is 13.3. The van der Waals surface area contributed by atoms with Gasteiger partial charge < -0.3 is 5.73 Å². The summed E-state index contributed by atoms with van der Waals surface area (Å²) in [5.41, 5.74) is 5.96. The number of nitrogens with two attached hydrogens (primary N) is 1. The molecule has 2 N–H and O–H groups in total. The van der Waals surface area contributed by atoms with Crippen molar-refractivity contribution < 1.29 is 0 Å². The number of rotatable bonds is 7. The van der Waals surface area contributed by atoms with E-state index in [9.17, 15) is 0 Å². The van der Waals surface area contributed by atoms with Gasteiger partial charge in [0.2, 0.25) is 0 Å². The molecular formula is C13H21ClN2S. The zero-order valence-electron chi connectivity index (χ0n) is 10.4. The van der Waals surface area contributed by atoms with E-state index in [1.807, 2.05) is 5.38 Å². The number of nitrogens with zero attached hydrogens (tertiary/aromatic N) is 1. The lowest BCUT2D eigenvalue weighted by atomic mass is 10.1. The maximum absolute atomic E-state index is 6.01. The highest BCUT2D eigenvalue weighted by atomic mass is 35.5. The fourth-order valence-electron chi connectivity index (χ4n) is 2.24. The Labute approximate surface area is 113 Å². The van der Waals surface area contributed by atoms with E-state index in [1.54, 1.807) is 11.3 Å². The van der Waals surface area contributed by atoms with Gasteiger partial charge in [-0.15, -0.1) is 11.3 Å². The average Bonchev–Trinajstić information content (AvgIpc) is 3.02. The molecule has 0 aliphatic heterocycles. The summed E-state index contributed by atoms with van der Waals surface area (Å²) in [6.45, 7) is 5.25. The van der Waals surface area contributed by atoms with Crippen molar-refractivity contribution in [2.24, 2.45) is 11.7 Å². The van der Waals surface area contributed by atoms with Crippen molar-refractivity contribution in [2.75, 3.05) is 19.6 Å². The summed E-state index contributed by atoms with van der Waals surface area (Å²) in [5.74, 6) is 0.908. The molecule has 1 atom stereocenters. The van der Waals surface area contributed by atoms with E-state index in [2.05, 4.69) is 17.9 Å². The van der Waals surface area contributed by atoms with E-state index in [1.165, 1.54) is 30.7 Å². The second-order valence-electron chi connectivity index (χ2n) is 4.86. The van der Waals surface area contributed by atoms with Gasteiger partial charge in [-0.2, -0.15) is 0 Å². The number of halogens is 1. The summed E-state index contributed by atoms with van der Waals surface area (Å²) >= 11 is 7.74. The molecule has 2 nitrogen and oxygen atoms in total. The fraction of sp³-hybridized carbons (Fsp3) is 0.692. The number of hydrogen-bond acceptors (Lipinski definition) is 3. The van der Waals surface area contributed by atoms with E-state index in [-0.39, 0.29) is 0 Å². The van der Waals surface area contributed by atoms with Gasteiger partial charge in [-0.1, -0.05) is 18.5 Å². The van der Waals surface area contributed by atoms with Gasteiger partial charge in [0.15, 0.2) is 0 Å². The Kier molecular flexibility index (Phi) is 4.86. The van der Waals surface area contributed by atoms with Crippen LogP contribution in [0.5, 0.6) is 0 Å². The van der Waals surface area contributed by atoms with E-state index in [0.717, 1.165) is 17.5 Å². The Bertz CT molecular complexity index is 349. The second-order valence-corrected chi connectivity index (χ2v) is 6.24. The molecule has 1 aliphatic carbocycles. The normalized spacial score (nSPS) is 17.6. The molecule has 1 heterocycles. The monoisotopic (exact) mass is 272 g/mol. The lowest BCUT2D eigenvalue weighted by molar-refractivity contribution is 0.196. The molecule has 2 rings (SSSR count). The molecule has 0 saturated heterocycles. The van der Waals surface area contributed by atoms with Crippen LogP contribution in [0.25, 0.3) is 0 Å². The van der Waals surface area contributed by atoms with Crippen LogP contribution in [-0.4, -0.2) is 24.5 Å². The van der Waals surface area contributed by atoms with Crippen molar-refractivity contribution in [2.45, 2.75) is 32.2 Å². The Morgan fingerprint density at radius 3 is 2.82 bits per heavy atom. The van der Waals surface area contributed by atoms with Gasteiger partial charge in [0.05, 0.1) is 11.1 Å². The van der Waals surface area contributed by atoms with Crippen LogP contribution in [0.4, 0.5) is 0 Å². The van der Waals surface area contributed by atoms with E-state index < -0.39 is 0 Å². The van der Waals surface area contributed by atoms with Crippen molar-refractivity contribution >= 4 is 22.9 Å². The maximum Gasteiger partial charge on any atom is 0.0564 e. The van der Waals surface area contributed by atoms with Crippen molar-refractivity contribution in [1.82, 2.24) is 4.90 Å². The highest BCUT2D eigenvalue weighted by Gasteiger charge is 2.28. The summed E-state index contributed by atoms with van der Waals surface area (Å²) in [5, 5.41) is 2.84. The average molecular weight is 273 g/mol. The summed E-state index contributed by atoms with van der Waals surface area (Å²) in [4.78, 5) is 3.85. The SMILES string of the molecule is CCCN(CC1CC1)C(CN)c1cc(Cl)cs1. The van der Waals surface area contributed by atoms with Crippen LogP contribution in [-0.2, 0) is 0 Å². The molecule has 0 amide bonds. The van der Waals surface area contributed by atoms with Crippen molar-refractivity contribution in [1.29, 1.82) is 0 Å². The molecular weight excluding hydrogens is 252 g/mol. The summed E-state index contributed by atoms with van der Waals surface area (Å²) in [7, 11) is 0. The van der Waals surface area contributed by atoms with E-state index in [4.69, 9.17) is 17.3 Å². The van der Waals surface area contributed by atoms with Gasteiger partial charge in [-0.25, -0.2) is 0 Å². The highest BCUT2D eigenvalue weighted by Crippen LogP contribution is 2.34. The third-order valence-electron chi connectivity index (χ3n) is 3.28. The van der Waals surface area contributed by atoms with Crippen LogP contribution in [0.3, 0.4) is 0 Å². The molecule has 17 heavy (non-hydrogen) atoms. The van der Waals surface area contributed by atoms with Gasteiger partial charge in [0.25, 0.3) is 0 Å². The van der Waals surface area contributed by atoms with Gasteiger partial charge in [-0.05, 0) is 37.8 Å². The molecule has 0 bridgehead atoms. The van der Waals surface area contributed by atoms with Crippen molar-refractivity contribution in [3.8, 4) is 0 Å². The van der Waals surface area contributed by atoms with Gasteiger partial charge >= 0.3 is 0 Å². The smallest absolute Gasteiger partial charge is 0.0564 e. The number of hydrogen-bond donors (Lipinski definition) is 1. The maximum atomic E-state index is 6.01. The molecule has 4 heteroatoms. The highest BCUT2D eigenvalue weighted by molar-refractivity contribution is 7.10. The van der Waals surface area contributed by atoms with Crippen LogP contribution >= 0.6 is 22.9 Å². The Morgan fingerprint density at radius 1 is 1.59 bits per heavy atom. The lowest BCUT2D eigenvalue weighted by Crippen LogP contribution is -2.35. The van der Waals surface area contributed by atoms with Crippen molar-refractivity contribution in [3.05, 3.63) is 21.3 Å². The minimum absolute atomic E-state index is 0.355. The van der Waals surface area contributed by atoms with Crippen LogP contribution in [0.2, 0.25) is 5.02 Å². The molecule has 1 fully saturated rings. The second kappa shape index (κ2) is 6.19. The molecule has 0 radical (unpaired) electrons. The lowest BCUT2D eigenvalue weighted by Gasteiger charge is -2.30. The largest absolute Gasteiger partial charge is 0.329 e. The molecule has 1 aromatic heterocycles. The first-order valence-electron chi connectivity index (χ1n) is 6.42. The van der Waals surface area contributed by atoms with Crippen LogP contribution < -0.4 is 5.73 Å². The summed E-state index contributed by atoms with van der Waals surface area (Å²) in [6, 6.07) is 2.42. The zero-order valence-corrected chi connectivity index (χ0v) is 11.9. The predicted molar refractivity (Wildman–Crippen MR) is 75.7 cm³/mol. The molecule has 1 saturated carbocycles. The molecule has 96 valence electrons. The third-order valence-corrected chi connectivity index (χ3v) is 4.66. The van der Waals surface area contributed by atoms with Crippen LogP contribution in [0.15, 0.2) is 11.4 Å². The third kappa shape index (κ3) is 3.68. The zero-order chi connectivity index (χ0) is 12.3. The van der Waals surface area contributed by atoms with E-state index in [0.29, 0.717) is 12.6 Å². The Morgan fingerprint density at radius 2 is 2.35 bits per heavy atom. The molecule has 0 aromatic carbocycles. The summed E-state index contributed by atoms with van der Waals surface area (Å²) < 4.78 is 0. The van der Waals surface area contributed by atoms with Crippen LogP contribution in [0.1, 0.15) is 37.1 Å². The predicted octanol–water partition coefficient (Wildman–Crippen LogP) is 3.52. The van der Waals surface area contributed by atoms with Gasteiger partial charge in [0.1, 0.15) is 0 Å². The Hall–Kier alpha value is -0.0900. The quantitative estimate of drug-likeness (QED) is 0.823. The minimum Gasteiger partial charge on any atom is -0.329 e. The molecule has 1 aliphatic rings. The number of thiophene rings is 1. The van der Waals surface area contributed by atoms with Gasteiger partial charge in [0, 0.05) is 23.3 Å². The van der Waals surface area contributed by atoms with Crippen molar-refractivity contribution in [3.63, 3.8) is 0 Å². The van der Waals surface area contributed by atoms with E-state index >= 15 is 0 Å². The standard InChI is InChI=1S/C13H21ClN2S/c1-2-5-16(8-10-3-4-10)12(7-15)13-6-11(14)9-17-13/h6,9-10,12H,2-5,7-8,15H2,1H3. The molecule has 1 unspecified atom stereocenters. The summed E-state index contributed by atoms with van der Waals surface area (Å²) in [6.07, 6.45) is 3.97. The van der Waals surface area contributed by atoms with Crippen LogP contribution in [0, 0.1) is 5.92 Å². The molecule has 1 aromatic rings. The first-order valence-corrected chi connectivity index (χ1v) is 7.68. The fourth-order valence-corrected chi connectivity index (χ4v) is 3.47. The first-order chi connectivity index (χ1) is 8.24.